The summed E-state index contributed by atoms with van der Waals surface area (Å²) in [5.41, 5.74) is 5.19. The molecule has 5 heteroatoms. The van der Waals surface area contributed by atoms with Crippen LogP contribution in [0.15, 0.2) is 0 Å². The topological polar surface area (TPSA) is 55.6 Å². The lowest BCUT2D eigenvalue weighted by Crippen LogP contribution is -2.55. The highest BCUT2D eigenvalue weighted by molar-refractivity contribution is 7.80. The Morgan fingerprint density at radius 2 is 2.24 bits per heavy atom. The molecule has 0 aromatic heterocycles. The second kappa shape index (κ2) is 4.53. The molecule has 2 N–H and O–H groups in total. The molecule has 2 unspecified atom stereocenters. The van der Waals surface area contributed by atoms with Gasteiger partial charge in [0.25, 0.3) is 0 Å². The number of carbonyl (C=O) groups excluding carboxylic acids is 1. The van der Waals surface area contributed by atoms with Gasteiger partial charge in [-0.25, -0.2) is 0 Å². The Morgan fingerprint density at radius 3 is 2.71 bits per heavy atom. The van der Waals surface area contributed by atoms with E-state index in [9.17, 15) is 4.79 Å². The van der Waals surface area contributed by atoms with Crippen LogP contribution in [0.4, 0.5) is 0 Å². The maximum absolute atomic E-state index is 12.5. The summed E-state index contributed by atoms with van der Waals surface area (Å²) in [5.74, 6) is 0.118. The average Bonchev–Trinajstić information content (AvgIpc) is 3.09. The Labute approximate surface area is 107 Å². The minimum atomic E-state index is -0.528. The predicted molar refractivity (Wildman–Crippen MR) is 69.7 cm³/mol. The van der Waals surface area contributed by atoms with Crippen molar-refractivity contribution in [3.63, 3.8) is 0 Å². The Bertz CT molecular complexity index is 341. The standard InChI is InChI=1S/C12H20N2O2S/c1-3-9-7-16-8(2)6-14(9)11(15)12(4-5-12)10(13)17/h8-9H,3-7H2,1-2H3,(H2,13,17). The van der Waals surface area contributed by atoms with Crippen LogP contribution in [0, 0.1) is 5.41 Å². The van der Waals surface area contributed by atoms with Crippen LogP contribution in [0.3, 0.4) is 0 Å². The summed E-state index contributed by atoms with van der Waals surface area (Å²) >= 11 is 5.04. The molecule has 2 aliphatic rings. The summed E-state index contributed by atoms with van der Waals surface area (Å²) in [5, 5.41) is 0. The van der Waals surface area contributed by atoms with Crippen molar-refractivity contribution >= 4 is 23.1 Å². The molecular formula is C12H20N2O2S. The summed E-state index contributed by atoms with van der Waals surface area (Å²) in [4.78, 5) is 14.8. The van der Waals surface area contributed by atoms with Gasteiger partial charge in [0, 0.05) is 6.54 Å². The normalized spacial score (nSPS) is 31.1. The van der Waals surface area contributed by atoms with Gasteiger partial charge in [0.1, 0.15) is 0 Å². The summed E-state index contributed by atoms with van der Waals surface area (Å²) in [7, 11) is 0. The SMILES string of the molecule is CCC1COC(C)CN1C(=O)C1(C(N)=S)CC1. The fourth-order valence-corrected chi connectivity index (χ4v) is 2.69. The van der Waals surface area contributed by atoms with Crippen LogP contribution in [0.25, 0.3) is 0 Å². The fraction of sp³-hybridized carbons (Fsp3) is 0.833. The second-order valence-corrected chi connectivity index (χ2v) is 5.55. The highest BCUT2D eigenvalue weighted by atomic mass is 32.1. The lowest BCUT2D eigenvalue weighted by molar-refractivity contribution is -0.147. The summed E-state index contributed by atoms with van der Waals surface area (Å²) in [6, 6.07) is 0.172. The first-order valence-corrected chi connectivity index (χ1v) is 6.64. The molecule has 2 atom stereocenters. The van der Waals surface area contributed by atoms with Crippen molar-refractivity contribution in [3.05, 3.63) is 0 Å². The van der Waals surface area contributed by atoms with Gasteiger partial charge in [0.2, 0.25) is 5.91 Å². The Morgan fingerprint density at radius 1 is 1.59 bits per heavy atom. The Hall–Kier alpha value is -0.680. The van der Waals surface area contributed by atoms with Gasteiger partial charge in [-0.05, 0) is 26.2 Å². The van der Waals surface area contributed by atoms with E-state index in [1.165, 1.54) is 0 Å². The molecule has 4 nitrogen and oxygen atoms in total. The number of ether oxygens (including phenoxy) is 1. The Balaban J connectivity index is 2.14. The predicted octanol–water partition coefficient (Wildman–Crippen LogP) is 1.08. The zero-order valence-corrected chi connectivity index (χ0v) is 11.3. The Kier molecular flexibility index (Phi) is 3.41. The summed E-state index contributed by atoms with van der Waals surface area (Å²) in [6.07, 6.45) is 2.63. The van der Waals surface area contributed by atoms with E-state index in [1.807, 2.05) is 11.8 Å². The largest absolute Gasteiger partial charge is 0.392 e. The number of carbonyl (C=O) groups is 1. The molecule has 1 saturated heterocycles. The van der Waals surface area contributed by atoms with Gasteiger partial charge in [0.05, 0.1) is 29.2 Å². The molecule has 1 aliphatic carbocycles. The van der Waals surface area contributed by atoms with Gasteiger partial charge in [-0.15, -0.1) is 0 Å². The van der Waals surface area contributed by atoms with E-state index >= 15 is 0 Å². The highest BCUT2D eigenvalue weighted by Gasteiger charge is 2.55. The molecule has 1 amide bonds. The van der Waals surface area contributed by atoms with Crippen molar-refractivity contribution in [2.45, 2.75) is 45.3 Å². The maximum atomic E-state index is 12.5. The van der Waals surface area contributed by atoms with Gasteiger partial charge in [-0.1, -0.05) is 19.1 Å². The van der Waals surface area contributed by atoms with Gasteiger partial charge >= 0.3 is 0 Å². The third-order valence-electron chi connectivity index (χ3n) is 3.83. The molecule has 0 spiro atoms. The van der Waals surface area contributed by atoms with Crippen LogP contribution >= 0.6 is 12.2 Å². The first-order valence-electron chi connectivity index (χ1n) is 6.24. The van der Waals surface area contributed by atoms with E-state index in [4.69, 9.17) is 22.7 Å². The first kappa shape index (κ1) is 12.8. The maximum Gasteiger partial charge on any atom is 0.236 e. The smallest absolute Gasteiger partial charge is 0.236 e. The third kappa shape index (κ3) is 2.18. The van der Waals surface area contributed by atoms with E-state index in [0.717, 1.165) is 19.3 Å². The number of amides is 1. The lowest BCUT2D eigenvalue weighted by Gasteiger charge is -2.40. The molecule has 0 radical (unpaired) electrons. The molecular weight excluding hydrogens is 236 g/mol. The van der Waals surface area contributed by atoms with E-state index in [-0.39, 0.29) is 18.1 Å². The van der Waals surface area contributed by atoms with E-state index in [1.54, 1.807) is 0 Å². The minimum Gasteiger partial charge on any atom is -0.392 e. The molecule has 1 aliphatic heterocycles. The molecule has 0 aromatic carbocycles. The van der Waals surface area contributed by atoms with Crippen LogP contribution in [0.1, 0.15) is 33.1 Å². The third-order valence-corrected chi connectivity index (χ3v) is 4.22. The van der Waals surface area contributed by atoms with E-state index in [0.29, 0.717) is 18.1 Å². The van der Waals surface area contributed by atoms with Crippen LogP contribution < -0.4 is 5.73 Å². The molecule has 1 saturated carbocycles. The molecule has 2 rings (SSSR count). The molecule has 17 heavy (non-hydrogen) atoms. The number of nitrogens with zero attached hydrogens (tertiary/aromatic N) is 1. The molecule has 0 aromatic rings. The van der Waals surface area contributed by atoms with Gasteiger partial charge in [-0.2, -0.15) is 0 Å². The lowest BCUT2D eigenvalue weighted by atomic mass is 10.0. The summed E-state index contributed by atoms with van der Waals surface area (Å²) in [6.45, 7) is 5.34. The van der Waals surface area contributed by atoms with Gasteiger partial charge < -0.3 is 15.4 Å². The van der Waals surface area contributed by atoms with Crippen LogP contribution in [-0.2, 0) is 9.53 Å². The summed E-state index contributed by atoms with van der Waals surface area (Å²) < 4.78 is 5.60. The number of nitrogens with two attached hydrogens (primary N) is 1. The number of morpholine rings is 1. The molecule has 1 heterocycles. The molecule has 2 fully saturated rings. The number of rotatable bonds is 3. The first-order chi connectivity index (χ1) is 8.01. The molecule has 0 bridgehead atoms. The second-order valence-electron chi connectivity index (χ2n) is 5.11. The average molecular weight is 256 g/mol. The monoisotopic (exact) mass is 256 g/mol. The van der Waals surface area contributed by atoms with Crippen molar-refractivity contribution in [2.24, 2.45) is 11.1 Å². The van der Waals surface area contributed by atoms with E-state index in [2.05, 4.69) is 6.92 Å². The van der Waals surface area contributed by atoms with Crippen LogP contribution in [-0.4, -0.2) is 41.1 Å². The molecule has 96 valence electrons. The van der Waals surface area contributed by atoms with E-state index < -0.39 is 5.41 Å². The number of hydrogen-bond donors (Lipinski definition) is 1. The highest BCUT2D eigenvalue weighted by Crippen LogP contribution is 2.48. The van der Waals surface area contributed by atoms with Crippen LogP contribution in [0.5, 0.6) is 0 Å². The number of hydrogen-bond acceptors (Lipinski definition) is 3. The van der Waals surface area contributed by atoms with Crippen molar-refractivity contribution in [3.8, 4) is 0 Å². The zero-order chi connectivity index (χ0) is 12.6. The van der Waals surface area contributed by atoms with Gasteiger partial charge in [0.15, 0.2) is 0 Å². The van der Waals surface area contributed by atoms with Crippen LogP contribution in [0.2, 0.25) is 0 Å². The van der Waals surface area contributed by atoms with Crippen molar-refractivity contribution in [1.82, 2.24) is 4.90 Å². The van der Waals surface area contributed by atoms with Crippen molar-refractivity contribution < 1.29 is 9.53 Å². The van der Waals surface area contributed by atoms with Gasteiger partial charge in [-0.3, -0.25) is 4.79 Å². The minimum absolute atomic E-state index is 0.101. The quantitative estimate of drug-likeness (QED) is 0.768. The van der Waals surface area contributed by atoms with Crippen molar-refractivity contribution in [1.29, 1.82) is 0 Å². The zero-order valence-electron chi connectivity index (χ0n) is 10.4. The van der Waals surface area contributed by atoms with Crippen molar-refractivity contribution in [2.75, 3.05) is 13.2 Å². The fourth-order valence-electron chi connectivity index (χ4n) is 2.40. The number of thiocarbonyl (C=S) groups is 1.